The fraction of sp³-hybridized carbons (Fsp3) is 0.333. The molecule has 0 saturated carbocycles. The maximum Gasteiger partial charge on any atom is 0.259 e. The van der Waals surface area contributed by atoms with E-state index in [1.807, 2.05) is 36.6 Å². The molecule has 0 saturated heterocycles. The number of hydrogen-bond acceptors (Lipinski definition) is 5. The Hall–Kier alpha value is -2.71. The Balaban J connectivity index is 1.41. The third-order valence-corrected chi connectivity index (χ3v) is 6.26. The van der Waals surface area contributed by atoms with Crippen molar-refractivity contribution in [2.24, 2.45) is 0 Å². The van der Waals surface area contributed by atoms with Crippen molar-refractivity contribution in [2.45, 2.75) is 51.2 Å². The van der Waals surface area contributed by atoms with Crippen LogP contribution in [0.1, 0.15) is 35.4 Å². The van der Waals surface area contributed by atoms with Gasteiger partial charge in [-0.2, -0.15) is 0 Å². The van der Waals surface area contributed by atoms with E-state index >= 15 is 0 Å². The zero-order chi connectivity index (χ0) is 20.4. The second-order valence-electron chi connectivity index (χ2n) is 7.35. The van der Waals surface area contributed by atoms with E-state index < -0.39 is 10.0 Å². The summed E-state index contributed by atoms with van der Waals surface area (Å²) >= 11 is 0. The summed E-state index contributed by atoms with van der Waals surface area (Å²) in [6.45, 7) is 4.95. The number of pyridine rings is 1. The van der Waals surface area contributed by atoms with E-state index in [0.717, 1.165) is 54.1 Å². The molecular weight excluding hydrogens is 388 g/mol. The summed E-state index contributed by atoms with van der Waals surface area (Å²) in [4.78, 5) is 8.58. The maximum absolute atomic E-state index is 12.6. The van der Waals surface area contributed by atoms with E-state index in [1.54, 1.807) is 24.5 Å². The minimum absolute atomic E-state index is 0.0808. The fourth-order valence-electron chi connectivity index (χ4n) is 3.27. The molecule has 8 heteroatoms. The molecule has 3 aromatic rings. The van der Waals surface area contributed by atoms with Crippen LogP contribution in [0.15, 0.2) is 47.8 Å². The quantitative estimate of drug-likeness (QED) is 0.670. The SMILES string of the molecule is Cc1ccc(C)c(Oc2ccc(CNS(=O)(=O)c3cn4c(n3)CCCC4)cn2)c1. The van der Waals surface area contributed by atoms with Gasteiger partial charge in [-0.25, -0.2) is 23.1 Å². The number of fused-ring (bicyclic) bond motifs is 1. The predicted molar refractivity (Wildman–Crippen MR) is 109 cm³/mol. The van der Waals surface area contributed by atoms with Crippen LogP contribution in [0.2, 0.25) is 0 Å². The molecule has 0 amide bonds. The summed E-state index contributed by atoms with van der Waals surface area (Å²) in [5.41, 5.74) is 2.88. The number of benzene rings is 1. The Labute approximate surface area is 170 Å². The molecule has 152 valence electrons. The molecule has 0 atom stereocenters. The average molecular weight is 413 g/mol. The highest BCUT2D eigenvalue weighted by Gasteiger charge is 2.21. The van der Waals surface area contributed by atoms with Crippen molar-refractivity contribution in [2.75, 3.05) is 0 Å². The van der Waals surface area contributed by atoms with Crippen LogP contribution in [0, 0.1) is 13.8 Å². The molecule has 29 heavy (non-hydrogen) atoms. The number of imidazole rings is 1. The lowest BCUT2D eigenvalue weighted by Crippen LogP contribution is -2.23. The van der Waals surface area contributed by atoms with E-state index in [2.05, 4.69) is 14.7 Å². The Morgan fingerprint density at radius 2 is 2.03 bits per heavy atom. The van der Waals surface area contributed by atoms with E-state index in [1.165, 1.54) is 0 Å². The van der Waals surface area contributed by atoms with Crippen molar-refractivity contribution in [3.63, 3.8) is 0 Å². The van der Waals surface area contributed by atoms with Gasteiger partial charge in [0.15, 0.2) is 5.03 Å². The molecule has 1 aliphatic heterocycles. The van der Waals surface area contributed by atoms with E-state index in [9.17, 15) is 8.42 Å². The largest absolute Gasteiger partial charge is 0.439 e. The first kappa shape index (κ1) is 19.6. The first-order chi connectivity index (χ1) is 13.9. The molecule has 0 unspecified atom stereocenters. The van der Waals surface area contributed by atoms with Crippen molar-refractivity contribution < 1.29 is 13.2 Å². The lowest BCUT2D eigenvalue weighted by molar-refractivity contribution is 0.458. The standard InChI is InChI=1S/C21H24N4O3S/c1-15-6-7-16(2)18(11-15)28-20-9-8-17(12-22-20)13-23-29(26,27)21-14-25-10-4-3-5-19(25)24-21/h6-9,11-12,14,23H,3-5,10,13H2,1-2H3. The normalized spacial score (nSPS) is 13.9. The van der Waals surface area contributed by atoms with Gasteiger partial charge in [-0.05, 0) is 49.4 Å². The van der Waals surface area contributed by atoms with Gasteiger partial charge in [0.05, 0.1) is 0 Å². The van der Waals surface area contributed by atoms with Gasteiger partial charge in [-0.1, -0.05) is 18.2 Å². The first-order valence-electron chi connectivity index (χ1n) is 9.66. The molecule has 3 heterocycles. The Morgan fingerprint density at radius 1 is 1.17 bits per heavy atom. The molecule has 2 aromatic heterocycles. The number of aryl methyl sites for hydroxylation is 4. The third-order valence-electron chi connectivity index (χ3n) is 4.98. The molecule has 7 nitrogen and oxygen atoms in total. The topological polar surface area (TPSA) is 86.1 Å². The Morgan fingerprint density at radius 3 is 2.79 bits per heavy atom. The predicted octanol–water partition coefficient (Wildman–Crippen LogP) is 3.50. The lowest BCUT2D eigenvalue weighted by atomic mass is 10.1. The second kappa shape index (κ2) is 7.96. The van der Waals surface area contributed by atoms with Crippen LogP contribution in [0.4, 0.5) is 0 Å². The summed E-state index contributed by atoms with van der Waals surface area (Å²) in [6.07, 6.45) is 6.16. The number of sulfonamides is 1. The highest BCUT2D eigenvalue weighted by atomic mass is 32.2. The van der Waals surface area contributed by atoms with Crippen LogP contribution >= 0.6 is 0 Å². The molecule has 0 bridgehead atoms. The maximum atomic E-state index is 12.6. The van der Waals surface area contributed by atoms with Crippen LogP contribution in [0.5, 0.6) is 11.6 Å². The summed E-state index contributed by atoms with van der Waals surface area (Å²) in [7, 11) is -3.66. The number of rotatable bonds is 6. The van der Waals surface area contributed by atoms with Gasteiger partial charge in [-0.3, -0.25) is 0 Å². The summed E-state index contributed by atoms with van der Waals surface area (Å²) in [6, 6.07) is 9.53. The fourth-order valence-corrected chi connectivity index (χ4v) is 4.27. The smallest absolute Gasteiger partial charge is 0.259 e. The Bertz CT molecular complexity index is 1100. The van der Waals surface area contributed by atoms with Gasteiger partial charge >= 0.3 is 0 Å². The zero-order valence-electron chi connectivity index (χ0n) is 16.6. The van der Waals surface area contributed by atoms with Crippen molar-refractivity contribution in [3.05, 3.63) is 65.2 Å². The van der Waals surface area contributed by atoms with Gasteiger partial charge in [0.2, 0.25) is 5.88 Å². The molecule has 0 fully saturated rings. The average Bonchev–Trinajstić information content (AvgIpc) is 3.16. The number of hydrogen-bond donors (Lipinski definition) is 1. The number of ether oxygens (including phenoxy) is 1. The molecule has 1 aliphatic rings. The summed E-state index contributed by atoms with van der Waals surface area (Å²) < 4.78 is 35.5. The van der Waals surface area contributed by atoms with Gasteiger partial charge in [0.25, 0.3) is 10.0 Å². The molecule has 4 rings (SSSR count). The number of nitrogens with one attached hydrogen (secondary N) is 1. The van der Waals surface area contributed by atoms with Crippen molar-refractivity contribution in [3.8, 4) is 11.6 Å². The minimum Gasteiger partial charge on any atom is -0.439 e. The molecular formula is C21H24N4O3S. The van der Waals surface area contributed by atoms with Crippen LogP contribution in [0.25, 0.3) is 0 Å². The van der Waals surface area contributed by atoms with Crippen LogP contribution in [-0.4, -0.2) is 23.0 Å². The van der Waals surface area contributed by atoms with E-state index in [0.29, 0.717) is 5.88 Å². The zero-order valence-corrected chi connectivity index (χ0v) is 17.4. The number of aromatic nitrogens is 3. The minimum atomic E-state index is -3.66. The van der Waals surface area contributed by atoms with Crippen molar-refractivity contribution in [1.29, 1.82) is 0 Å². The highest BCUT2D eigenvalue weighted by Crippen LogP contribution is 2.25. The van der Waals surface area contributed by atoms with Gasteiger partial charge in [0.1, 0.15) is 11.6 Å². The van der Waals surface area contributed by atoms with Gasteiger partial charge < -0.3 is 9.30 Å². The number of nitrogens with zero attached hydrogens (tertiary/aromatic N) is 3. The van der Waals surface area contributed by atoms with Crippen molar-refractivity contribution in [1.82, 2.24) is 19.3 Å². The molecule has 0 aliphatic carbocycles. The van der Waals surface area contributed by atoms with E-state index in [-0.39, 0.29) is 11.6 Å². The van der Waals surface area contributed by atoms with Crippen LogP contribution in [-0.2, 0) is 29.5 Å². The van der Waals surface area contributed by atoms with E-state index in [4.69, 9.17) is 4.74 Å². The lowest BCUT2D eigenvalue weighted by Gasteiger charge is -2.11. The first-order valence-corrected chi connectivity index (χ1v) is 11.1. The van der Waals surface area contributed by atoms with Crippen molar-refractivity contribution >= 4 is 10.0 Å². The Kier molecular flexibility index (Phi) is 5.38. The monoisotopic (exact) mass is 412 g/mol. The van der Waals surface area contributed by atoms with Gasteiger partial charge in [0, 0.05) is 38.0 Å². The molecule has 1 aromatic carbocycles. The van der Waals surface area contributed by atoms with Crippen LogP contribution < -0.4 is 9.46 Å². The summed E-state index contributed by atoms with van der Waals surface area (Å²) in [5.74, 6) is 2.06. The molecule has 1 N–H and O–H groups in total. The van der Waals surface area contributed by atoms with Crippen LogP contribution in [0.3, 0.4) is 0 Å². The second-order valence-corrected chi connectivity index (χ2v) is 9.06. The highest BCUT2D eigenvalue weighted by molar-refractivity contribution is 7.89. The molecule has 0 radical (unpaired) electrons. The third kappa shape index (κ3) is 4.49. The summed E-state index contributed by atoms with van der Waals surface area (Å²) in [5, 5.41) is 0.0808. The van der Waals surface area contributed by atoms with Gasteiger partial charge in [-0.15, -0.1) is 0 Å². The molecule has 0 spiro atoms.